The second kappa shape index (κ2) is 3.25. The van der Waals surface area contributed by atoms with Gasteiger partial charge in [-0.25, -0.2) is 0 Å². The maximum atomic E-state index is 11.4. The van der Waals surface area contributed by atoms with E-state index in [9.17, 15) is 4.79 Å². The summed E-state index contributed by atoms with van der Waals surface area (Å²) in [5.41, 5.74) is 6.45. The summed E-state index contributed by atoms with van der Waals surface area (Å²) in [6.45, 7) is 0.445. The zero-order valence-corrected chi connectivity index (χ0v) is 9.04. The van der Waals surface area contributed by atoms with Crippen LogP contribution in [0.1, 0.15) is 5.56 Å². The summed E-state index contributed by atoms with van der Waals surface area (Å²) in [4.78, 5) is 14.1. The largest absolute Gasteiger partial charge is 0.328 e. The fraction of sp³-hybridized carbons (Fsp3) is 0.125. The lowest BCUT2D eigenvalue weighted by Crippen LogP contribution is -2.07. The van der Waals surface area contributed by atoms with Crippen LogP contribution in [0.2, 0.25) is 0 Å². The third-order valence-electron chi connectivity index (χ3n) is 1.86. The van der Waals surface area contributed by atoms with E-state index in [4.69, 9.17) is 5.73 Å². The first-order valence-electron chi connectivity index (χ1n) is 3.71. The highest BCUT2D eigenvalue weighted by molar-refractivity contribution is 9.10. The molecule has 2 rings (SSSR count). The fourth-order valence-corrected chi connectivity index (χ4v) is 2.97. The number of hydrogen-bond donors (Lipinski definition) is 2. The number of nitrogens with one attached hydrogen (secondary N) is 1. The minimum absolute atomic E-state index is 0.0691. The van der Waals surface area contributed by atoms with Gasteiger partial charge in [-0.2, -0.15) is 0 Å². The van der Waals surface area contributed by atoms with Gasteiger partial charge in [0.25, 0.3) is 5.56 Å². The highest BCUT2D eigenvalue weighted by atomic mass is 79.9. The lowest BCUT2D eigenvalue weighted by molar-refractivity contribution is 1.06. The van der Waals surface area contributed by atoms with Gasteiger partial charge in [-0.05, 0) is 21.5 Å². The molecule has 0 aliphatic rings. The summed E-state index contributed by atoms with van der Waals surface area (Å²) in [6.07, 6.45) is 1.67. The van der Waals surface area contributed by atoms with Crippen LogP contribution >= 0.6 is 27.3 Å². The lowest BCUT2D eigenvalue weighted by atomic mass is 10.2. The molecule has 68 valence electrons. The third kappa shape index (κ3) is 1.33. The molecule has 0 aliphatic carbocycles. The van der Waals surface area contributed by atoms with Gasteiger partial charge < -0.3 is 10.7 Å². The summed E-state index contributed by atoms with van der Waals surface area (Å²) >= 11 is 4.86. The maximum absolute atomic E-state index is 11.4. The van der Waals surface area contributed by atoms with Gasteiger partial charge in [0.1, 0.15) is 0 Å². The Morgan fingerprint density at radius 3 is 3.08 bits per heavy atom. The van der Waals surface area contributed by atoms with Crippen LogP contribution in [0.3, 0.4) is 0 Å². The number of nitrogens with two attached hydrogens (primary N) is 1. The minimum Gasteiger partial charge on any atom is -0.328 e. The number of thiophene rings is 1. The molecule has 13 heavy (non-hydrogen) atoms. The second-order valence-corrected chi connectivity index (χ2v) is 4.37. The van der Waals surface area contributed by atoms with Crippen molar-refractivity contribution >= 4 is 37.4 Å². The predicted molar refractivity (Wildman–Crippen MR) is 58.0 cm³/mol. The number of pyridine rings is 1. The van der Waals surface area contributed by atoms with E-state index >= 15 is 0 Å². The average molecular weight is 259 g/mol. The van der Waals surface area contributed by atoms with Gasteiger partial charge in [0, 0.05) is 27.3 Å². The normalized spacial score (nSPS) is 10.9. The molecule has 0 saturated heterocycles. The molecule has 2 heterocycles. The number of fused-ring (bicyclic) bond motifs is 1. The molecule has 0 unspecified atom stereocenters. The van der Waals surface area contributed by atoms with Crippen molar-refractivity contribution in [1.29, 1.82) is 0 Å². The first-order valence-corrected chi connectivity index (χ1v) is 5.38. The van der Waals surface area contributed by atoms with E-state index in [1.54, 1.807) is 6.20 Å². The molecule has 0 atom stereocenters. The zero-order valence-electron chi connectivity index (χ0n) is 6.63. The van der Waals surface area contributed by atoms with Gasteiger partial charge >= 0.3 is 0 Å². The Balaban J connectivity index is 2.95. The minimum atomic E-state index is -0.0691. The number of H-pyrrole nitrogens is 1. The summed E-state index contributed by atoms with van der Waals surface area (Å²) in [7, 11) is 0. The van der Waals surface area contributed by atoms with Gasteiger partial charge in [-0.1, -0.05) is 0 Å². The van der Waals surface area contributed by atoms with Crippen molar-refractivity contribution in [3.05, 3.63) is 32.0 Å². The third-order valence-corrected chi connectivity index (χ3v) is 3.85. The molecule has 3 N–H and O–H groups in total. The molecule has 0 saturated carbocycles. The van der Waals surface area contributed by atoms with Crippen LogP contribution in [0.4, 0.5) is 0 Å². The van der Waals surface area contributed by atoms with E-state index in [1.807, 2.05) is 5.38 Å². The van der Waals surface area contributed by atoms with Crippen LogP contribution in [-0.4, -0.2) is 4.98 Å². The smallest absolute Gasteiger partial charge is 0.257 e. The topological polar surface area (TPSA) is 58.9 Å². The molecular formula is C8H7BrN2OS. The van der Waals surface area contributed by atoms with Crippen LogP contribution < -0.4 is 11.3 Å². The van der Waals surface area contributed by atoms with Crippen LogP contribution in [0.25, 0.3) is 10.1 Å². The summed E-state index contributed by atoms with van der Waals surface area (Å²) in [5.74, 6) is 0. The van der Waals surface area contributed by atoms with E-state index in [1.165, 1.54) is 11.3 Å². The molecule has 0 bridgehead atoms. The summed E-state index contributed by atoms with van der Waals surface area (Å²) in [5, 5.41) is 2.60. The quantitative estimate of drug-likeness (QED) is 0.820. The molecule has 0 aliphatic heterocycles. The molecule has 2 aromatic rings. The van der Waals surface area contributed by atoms with Gasteiger partial charge in [-0.15, -0.1) is 11.3 Å². The summed E-state index contributed by atoms with van der Waals surface area (Å²) in [6, 6.07) is 0. The second-order valence-electron chi connectivity index (χ2n) is 2.63. The Labute approximate surface area is 86.7 Å². The molecule has 2 aromatic heterocycles. The van der Waals surface area contributed by atoms with Gasteiger partial charge in [0.2, 0.25) is 0 Å². The molecule has 0 aromatic carbocycles. The van der Waals surface area contributed by atoms with Crippen LogP contribution in [0.15, 0.2) is 20.8 Å². The number of rotatable bonds is 1. The van der Waals surface area contributed by atoms with Crippen molar-refractivity contribution in [2.45, 2.75) is 6.54 Å². The highest BCUT2D eigenvalue weighted by Crippen LogP contribution is 2.29. The lowest BCUT2D eigenvalue weighted by Gasteiger charge is -1.97. The van der Waals surface area contributed by atoms with Crippen LogP contribution in [0, 0.1) is 0 Å². The summed E-state index contributed by atoms with van der Waals surface area (Å²) < 4.78 is 1.81. The van der Waals surface area contributed by atoms with E-state index in [-0.39, 0.29) is 5.56 Å². The first kappa shape index (κ1) is 8.93. The van der Waals surface area contributed by atoms with E-state index in [0.717, 1.165) is 14.7 Å². The highest BCUT2D eigenvalue weighted by Gasteiger charge is 2.08. The van der Waals surface area contributed by atoms with Gasteiger partial charge in [0.15, 0.2) is 0 Å². The molecule has 0 radical (unpaired) electrons. The van der Waals surface area contributed by atoms with Crippen LogP contribution in [0.5, 0.6) is 0 Å². The SMILES string of the molecule is NCc1c[nH]c(=O)c2c(Br)csc12. The standard InChI is InChI=1S/C8H7BrN2OS/c9-5-3-13-7-4(1-10)2-11-8(12)6(5)7/h2-3H,1,10H2,(H,11,12). The van der Waals surface area contributed by atoms with Crippen molar-refractivity contribution in [3.8, 4) is 0 Å². The van der Waals surface area contributed by atoms with Crippen molar-refractivity contribution in [2.24, 2.45) is 5.73 Å². The Morgan fingerprint density at radius 2 is 2.38 bits per heavy atom. The Hall–Kier alpha value is -0.650. The monoisotopic (exact) mass is 258 g/mol. The predicted octanol–water partition coefficient (Wildman–Crippen LogP) is 1.81. The van der Waals surface area contributed by atoms with E-state index < -0.39 is 0 Å². The first-order chi connectivity index (χ1) is 6.24. The average Bonchev–Trinajstić information content (AvgIpc) is 2.50. The fourth-order valence-electron chi connectivity index (χ4n) is 1.23. The molecule has 0 amide bonds. The zero-order chi connectivity index (χ0) is 9.42. The van der Waals surface area contributed by atoms with Crippen molar-refractivity contribution < 1.29 is 0 Å². The van der Waals surface area contributed by atoms with Crippen molar-refractivity contribution in [2.75, 3.05) is 0 Å². The van der Waals surface area contributed by atoms with Crippen molar-refractivity contribution in [1.82, 2.24) is 4.98 Å². The van der Waals surface area contributed by atoms with Crippen LogP contribution in [-0.2, 0) is 6.54 Å². The maximum Gasteiger partial charge on any atom is 0.257 e. The number of hydrogen-bond acceptors (Lipinski definition) is 3. The number of aromatic nitrogens is 1. The van der Waals surface area contributed by atoms with Gasteiger partial charge in [0.05, 0.1) is 5.39 Å². The molecule has 3 nitrogen and oxygen atoms in total. The van der Waals surface area contributed by atoms with Gasteiger partial charge in [-0.3, -0.25) is 4.79 Å². The number of aromatic amines is 1. The number of halogens is 1. The molecule has 5 heteroatoms. The Morgan fingerprint density at radius 1 is 1.62 bits per heavy atom. The van der Waals surface area contributed by atoms with Crippen molar-refractivity contribution in [3.63, 3.8) is 0 Å². The van der Waals surface area contributed by atoms with E-state index in [0.29, 0.717) is 11.9 Å². The molecule has 0 fully saturated rings. The molecule has 0 spiro atoms. The molecular weight excluding hydrogens is 252 g/mol. The Bertz CT molecular complexity index is 502. The van der Waals surface area contributed by atoms with E-state index in [2.05, 4.69) is 20.9 Å². The Kier molecular flexibility index (Phi) is 2.23.